The van der Waals surface area contributed by atoms with Crippen molar-refractivity contribution in [1.82, 2.24) is 24.4 Å². The summed E-state index contributed by atoms with van der Waals surface area (Å²) in [7, 11) is 2.21. The zero-order chi connectivity index (χ0) is 27.2. The Bertz CT molecular complexity index is 1360. The molecule has 0 aliphatic heterocycles. The largest absolute Gasteiger partial charge is 0.325 e. The molecule has 0 saturated heterocycles. The molecule has 4 aromatic rings. The summed E-state index contributed by atoms with van der Waals surface area (Å²) >= 11 is 12.5. The molecule has 0 atom stereocenters. The molecule has 2 heterocycles. The predicted molar refractivity (Wildman–Crippen MR) is 163 cm³/mol. The lowest BCUT2D eigenvalue weighted by atomic mass is 10.1. The molecule has 2 aromatic carbocycles. The van der Waals surface area contributed by atoms with Crippen LogP contribution in [0.25, 0.3) is 11.2 Å². The first-order valence-corrected chi connectivity index (χ1v) is 14.8. The third kappa shape index (κ3) is 7.21. The van der Waals surface area contributed by atoms with Crippen LogP contribution >= 0.6 is 23.2 Å². The molecular weight excluding hydrogens is 529 g/mol. The highest BCUT2D eigenvalue weighted by Gasteiger charge is 2.24. The topological polar surface area (TPSA) is 70.9 Å². The smallest absolute Gasteiger partial charge is 0.229 e. The van der Waals surface area contributed by atoms with Gasteiger partial charge in [-0.15, -0.1) is 0 Å². The van der Waals surface area contributed by atoms with E-state index in [4.69, 9.17) is 33.2 Å². The standard InChI is InChI=1S/C30H37Cl2N7/c1-3-15-38(2)16-7-6-8-21-11-13-24(14-12-21)34-29-33-20-27-28(37-29)39(26-9-4-5-10-26)30(36-27)35-25-18-22(31)17-23(32)19-25/h11-14,17-20,26H,3-10,15-16H2,1-2H3,(H,35,36)(H,33,34,37). The van der Waals surface area contributed by atoms with E-state index < -0.39 is 0 Å². The molecule has 1 fully saturated rings. The highest BCUT2D eigenvalue weighted by molar-refractivity contribution is 6.35. The van der Waals surface area contributed by atoms with Crippen LogP contribution in [0.5, 0.6) is 0 Å². The summed E-state index contributed by atoms with van der Waals surface area (Å²) in [5.74, 6) is 1.29. The van der Waals surface area contributed by atoms with Crippen molar-refractivity contribution in [3.05, 3.63) is 64.3 Å². The summed E-state index contributed by atoms with van der Waals surface area (Å²) in [6, 6.07) is 14.3. The van der Waals surface area contributed by atoms with E-state index in [1.807, 2.05) is 12.1 Å². The van der Waals surface area contributed by atoms with Gasteiger partial charge in [-0.05, 0) is 94.6 Å². The van der Waals surface area contributed by atoms with E-state index in [2.05, 4.69) is 63.3 Å². The molecule has 9 heteroatoms. The van der Waals surface area contributed by atoms with Gasteiger partial charge in [-0.25, -0.2) is 9.97 Å². The number of halogens is 2. The molecular formula is C30H37Cl2N7. The number of nitrogens with one attached hydrogen (secondary N) is 2. The van der Waals surface area contributed by atoms with E-state index in [9.17, 15) is 0 Å². The molecule has 206 valence electrons. The number of fused-ring (bicyclic) bond motifs is 1. The molecule has 1 aliphatic carbocycles. The Morgan fingerprint density at radius 3 is 2.38 bits per heavy atom. The number of rotatable bonds is 12. The third-order valence-electron chi connectivity index (χ3n) is 7.31. The zero-order valence-electron chi connectivity index (χ0n) is 22.8. The number of hydrogen-bond acceptors (Lipinski definition) is 6. The summed E-state index contributed by atoms with van der Waals surface area (Å²) < 4.78 is 2.21. The second-order valence-electron chi connectivity index (χ2n) is 10.5. The minimum absolute atomic E-state index is 0.330. The van der Waals surface area contributed by atoms with Crippen LogP contribution in [-0.4, -0.2) is 44.6 Å². The van der Waals surface area contributed by atoms with Crippen molar-refractivity contribution >= 4 is 57.6 Å². The second-order valence-corrected chi connectivity index (χ2v) is 11.4. The van der Waals surface area contributed by atoms with Crippen LogP contribution in [0.4, 0.5) is 23.3 Å². The lowest BCUT2D eigenvalue weighted by Gasteiger charge is -2.17. The molecule has 1 aliphatic rings. The molecule has 7 nitrogen and oxygen atoms in total. The maximum Gasteiger partial charge on any atom is 0.229 e. The predicted octanol–water partition coefficient (Wildman–Crippen LogP) is 8.40. The lowest BCUT2D eigenvalue weighted by Crippen LogP contribution is -2.20. The van der Waals surface area contributed by atoms with Gasteiger partial charge in [0.15, 0.2) is 5.65 Å². The van der Waals surface area contributed by atoms with E-state index in [1.54, 1.807) is 12.3 Å². The SMILES string of the molecule is CCCN(C)CCCCc1ccc(Nc2ncc3nc(Nc4cc(Cl)cc(Cl)c4)n(C4CCCC4)c3n2)cc1. The average Bonchev–Trinajstić information content (AvgIpc) is 3.54. The molecule has 0 unspecified atom stereocenters. The van der Waals surface area contributed by atoms with E-state index in [0.29, 0.717) is 22.0 Å². The van der Waals surface area contributed by atoms with Gasteiger partial charge in [-0.3, -0.25) is 4.57 Å². The van der Waals surface area contributed by atoms with E-state index in [1.165, 1.54) is 44.2 Å². The van der Waals surface area contributed by atoms with Crippen LogP contribution in [0.2, 0.25) is 10.0 Å². The zero-order valence-corrected chi connectivity index (χ0v) is 24.3. The number of hydrogen-bond donors (Lipinski definition) is 2. The average molecular weight is 567 g/mol. The van der Waals surface area contributed by atoms with E-state index >= 15 is 0 Å². The van der Waals surface area contributed by atoms with E-state index in [0.717, 1.165) is 54.3 Å². The van der Waals surface area contributed by atoms with Crippen LogP contribution in [0.3, 0.4) is 0 Å². The number of benzene rings is 2. The molecule has 5 rings (SSSR count). The third-order valence-corrected chi connectivity index (χ3v) is 7.75. The first-order valence-electron chi connectivity index (χ1n) is 14.0. The van der Waals surface area contributed by atoms with Gasteiger partial charge in [0.2, 0.25) is 11.9 Å². The van der Waals surface area contributed by atoms with Gasteiger partial charge in [0.1, 0.15) is 5.52 Å². The Labute approximate surface area is 241 Å². The van der Waals surface area contributed by atoms with Crippen LogP contribution in [0, 0.1) is 0 Å². The summed E-state index contributed by atoms with van der Waals surface area (Å²) in [6.07, 6.45) is 11.1. The van der Waals surface area contributed by atoms with Crippen LogP contribution in [0.1, 0.15) is 63.5 Å². The Hall–Kier alpha value is -2.87. The van der Waals surface area contributed by atoms with Gasteiger partial charge >= 0.3 is 0 Å². The van der Waals surface area contributed by atoms with Crippen LogP contribution in [0.15, 0.2) is 48.7 Å². The van der Waals surface area contributed by atoms with Crippen molar-refractivity contribution in [2.45, 2.75) is 64.3 Å². The molecule has 39 heavy (non-hydrogen) atoms. The van der Waals surface area contributed by atoms with Crippen LogP contribution in [-0.2, 0) is 6.42 Å². The molecule has 1 saturated carbocycles. The molecule has 0 spiro atoms. The Kier molecular flexibility index (Phi) is 9.22. The minimum atomic E-state index is 0.330. The number of nitrogens with zero attached hydrogens (tertiary/aromatic N) is 5. The molecule has 0 bridgehead atoms. The molecule has 2 aromatic heterocycles. The Morgan fingerprint density at radius 2 is 1.67 bits per heavy atom. The summed E-state index contributed by atoms with van der Waals surface area (Å²) in [5, 5.41) is 7.96. The van der Waals surface area contributed by atoms with E-state index in [-0.39, 0.29) is 0 Å². The lowest BCUT2D eigenvalue weighted by molar-refractivity contribution is 0.326. The number of unbranched alkanes of at least 4 members (excludes halogenated alkanes) is 1. The summed E-state index contributed by atoms with van der Waals surface area (Å²) in [6.45, 7) is 4.56. The van der Waals surface area contributed by atoms with Crippen molar-refractivity contribution in [1.29, 1.82) is 0 Å². The minimum Gasteiger partial charge on any atom is -0.325 e. The fourth-order valence-electron chi connectivity index (χ4n) is 5.39. The maximum atomic E-state index is 6.24. The fraction of sp³-hybridized carbons (Fsp3) is 0.433. The quantitative estimate of drug-likeness (QED) is 0.168. The first-order chi connectivity index (χ1) is 19.0. The highest BCUT2D eigenvalue weighted by atomic mass is 35.5. The summed E-state index contributed by atoms with van der Waals surface area (Å²) in [5.41, 5.74) is 4.69. The molecule has 0 amide bonds. The monoisotopic (exact) mass is 565 g/mol. The van der Waals surface area contributed by atoms with Crippen molar-refractivity contribution in [3.8, 4) is 0 Å². The van der Waals surface area contributed by atoms with Crippen molar-refractivity contribution in [3.63, 3.8) is 0 Å². The Balaban J connectivity index is 1.30. The first kappa shape index (κ1) is 27.7. The number of imidazole rings is 1. The fourth-order valence-corrected chi connectivity index (χ4v) is 5.92. The van der Waals surface area contributed by atoms with Gasteiger partial charge in [0.25, 0.3) is 0 Å². The molecule has 2 N–H and O–H groups in total. The second kappa shape index (κ2) is 13.0. The van der Waals surface area contributed by atoms with Crippen molar-refractivity contribution < 1.29 is 0 Å². The van der Waals surface area contributed by atoms with Crippen molar-refractivity contribution in [2.24, 2.45) is 0 Å². The number of aromatic nitrogens is 4. The summed E-state index contributed by atoms with van der Waals surface area (Å²) in [4.78, 5) is 16.7. The van der Waals surface area contributed by atoms with Gasteiger partial charge in [-0.2, -0.15) is 4.98 Å². The maximum absolute atomic E-state index is 6.24. The van der Waals surface area contributed by atoms with Gasteiger partial charge in [-0.1, -0.05) is 55.1 Å². The van der Waals surface area contributed by atoms with Gasteiger partial charge in [0.05, 0.1) is 6.20 Å². The number of aryl methyl sites for hydroxylation is 1. The van der Waals surface area contributed by atoms with Crippen LogP contribution < -0.4 is 10.6 Å². The van der Waals surface area contributed by atoms with Gasteiger partial charge < -0.3 is 15.5 Å². The highest BCUT2D eigenvalue weighted by Crippen LogP contribution is 2.36. The normalized spacial score (nSPS) is 14.0. The van der Waals surface area contributed by atoms with Crippen molar-refractivity contribution in [2.75, 3.05) is 30.8 Å². The van der Waals surface area contributed by atoms with Gasteiger partial charge in [0, 0.05) is 27.5 Å². The molecule has 0 radical (unpaired) electrons. The Morgan fingerprint density at radius 1 is 0.923 bits per heavy atom. The number of anilines is 4.